The Morgan fingerprint density at radius 3 is 2.05 bits per heavy atom. The fourth-order valence-corrected chi connectivity index (χ4v) is 3.51. The molecule has 2 aromatic carbocycles. The summed E-state index contributed by atoms with van der Waals surface area (Å²) in [5.74, 6) is -2.06. The van der Waals surface area contributed by atoms with E-state index in [-0.39, 0.29) is 0 Å². The summed E-state index contributed by atoms with van der Waals surface area (Å²) in [4.78, 5) is -1.50. The van der Waals surface area contributed by atoms with E-state index in [1.54, 1.807) is 0 Å². The molecule has 0 unspecified atom stereocenters. The van der Waals surface area contributed by atoms with Gasteiger partial charge >= 0.3 is 0 Å². The first-order chi connectivity index (χ1) is 10.0. The van der Waals surface area contributed by atoms with Crippen LogP contribution >= 0.6 is 0 Å². The Hall–Kier alpha value is -2.01. The van der Waals surface area contributed by atoms with Crippen LogP contribution < -0.4 is 5.14 Å². The first-order valence-electron chi connectivity index (χ1n) is 5.64. The van der Waals surface area contributed by atoms with Crippen molar-refractivity contribution in [2.75, 3.05) is 0 Å². The number of benzene rings is 2. The van der Waals surface area contributed by atoms with Crippen molar-refractivity contribution in [2.45, 2.75) is 9.79 Å². The summed E-state index contributed by atoms with van der Waals surface area (Å²) in [6.45, 7) is 0. The van der Waals surface area contributed by atoms with E-state index in [0.29, 0.717) is 0 Å². The van der Waals surface area contributed by atoms with Crippen LogP contribution in [0.2, 0.25) is 0 Å². The lowest BCUT2D eigenvalue weighted by Crippen LogP contribution is -2.15. The van der Waals surface area contributed by atoms with Crippen LogP contribution in [0.1, 0.15) is 0 Å². The molecule has 10 heteroatoms. The molecule has 0 bridgehead atoms. The van der Waals surface area contributed by atoms with E-state index in [1.165, 1.54) is 0 Å². The van der Waals surface area contributed by atoms with Gasteiger partial charge in [0.05, 0.1) is 4.90 Å². The third-order valence-electron chi connectivity index (χ3n) is 2.83. The van der Waals surface area contributed by atoms with Crippen molar-refractivity contribution in [1.29, 1.82) is 0 Å². The summed E-state index contributed by atoms with van der Waals surface area (Å²) < 4.78 is 68.9. The van der Waals surface area contributed by atoms with Crippen molar-refractivity contribution in [3.63, 3.8) is 0 Å². The largest absolute Gasteiger partial charge is 0.504 e. The molecule has 118 valence electrons. The van der Waals surface area contributed by atoms with E-state index >= 15 is 0 Å². The maximum atomic E-state index is 13.5. The predicted octanol–water partition coefficient (Wildman–Crippen LogP) is 1.09. The number of nitrogens with two attached hydrogens (primary N) is 1. The van der Waals surface area contributed by atoms with Crippen molar-refractivity contribution in [3.05, 3.63) is 42.2 Å². The van der Waals surface area contributed by atoms with Gasteiger partial charge in [0.25, 0.3) is 10.1 Å². The zero-order chi connectivity index (χ0) is 16.7. The quantitative estimate of drug-likeness (QED) is 0.711. The monoisotopic (exact) mass is 347 g/mol. The highest BCUT2D eigenvalue weighted by molar-refractivity contribution is 7.89. The average molecular weight is 347 g/mol. The highest BCUT2D eigenvalue weighted by Gasteiger charge is 2.26. The number of phenolic OH excluding ortho intramolecular Hbond substituents is 1. The maximum Gasteiger partial charge on any atom is 0.295 e. The highest BCUT2D eigenvalue weighted by atomic mass is 32.2. The van der Waals surface area contributed by atoms with Crippen LogP contribution in [0.5, 0.6) is 5.75 Å². The number of rotatable bonds is 3. The Bertz CT molecular complexity index is 903. The molecule has 7 nitrogen and oxygen atoms in total. The van der Waals surface area contributed by atoms with Gasteiger partial charge in [0, 0.05) is 11.1 Å². The molecule has 4 N–H and O–H groups in total. The minimum atomic E-state index is -4.85. The van der Waals surface area contributed by atoms with Crippen molar-refractivity contribution >= 4 is 20.1 Å². The van der Waals surface area contributed by atoms with Crippen LogP contribution in [-0.4, -0.2) is 26.5 Å². The van der Waals surface area contributed by atoms with Crippen molar-refractivity contribution < 1.29 is 30.9 Å². The number of primary sulfonamides is 1. The summed E-state index contributed by atoms with van der Waals surface area (Å²) in [5.41, 5.74) is -1.04. The molecular weight excluding hydrogens is 337 g/mol. The molecule has 0 heterocycles. The zero-order valence-electron chi connectivity index (χ0n) is 10.8. The lowest BCUT2D eigenvalue weighted by Gasteiger charge is -2.13. The van der Waals surface area contributed by atoms with E-state index in [0.717, 1.165) is 36.4 Å². The van der Waals surface area contributed by atoms with Crippen molar-refractivity contribution in [3.8, 4) is 16.9 Å². The van der Waals surface area contributed by atoms with Crippen LogP contribution in [0, 0.1) is 5.82 Å². The molecule has 0 amide bonds. The second kappa shape index (κ2) is 5.32. The van der Waals surface area contributed by atoms with Gasteiger partial charge in [0.2, 0.25) is 10.0 Å². The van der Waals surface area contributed by atoms with E-state index in [1.807, 2.05) is 0 Å². The normalized spacial score (nSPS) is 12.3. The van der Waals surface area contributed by atoms with Gasteiger partial charge in [-0.15, -0.1) is 0 Å². The van der Waals surface area contributed by atoms with Crippen molar-refractivity contribution in [1.82, 2.24) is 0 Å². The fourth-order valence-electron chi connectivity index (χ4n) is 1.95. The van der Waals surface area contributed by atoms with Gasteiger partial charge in [-0.05, 0) is 18.2 Å². The zero-order valence-corrected chi connectivity index (χ0v) is 12.4. The molecule has 0 radical (unpaired) electrons. The third-order valence-corrected chi connectivity index (χ3v) is 4.68. The molecule has 0 spiro atoms. The SMILES string of the molecule is NS(=O)(=O)c1cccc(S(=O)(=O)O)c1-c1cccc(F)c1O. The first-order valence-corrected chi connectivity index (χ1v) is 8.63. The number of aromatic hydroxyl groups is 1. The maximum absolute atomic E-state index is 13.5. The van der Waals surface area contributed by atoms with Gasteiger partial charge in [-0.25, -0.2) is 17.9 Å². The molecule has 0 fully saturated rings. The smallest absolute Gasteiger partial charge is 0.295 e. The van der Waals surface area contributed by atoms with E-state index in [9.17, 15) is 30.9 Å². The third kappa shape index (κ3) is 2.95. The van der Waals surface area contributed by atoms with Gasteiger partial charge in [-0.1, -0.05) is 18.2 Å². The molecule has 0 aliphatic carbocycles. The molecule has 0 atom stereocenters. The topological polar surface area (TPSA) is 135 Å². The van der Waals surface area contributed by atoms with Gasteiger partial charge in [-0.2, -0.15) is 8.42 Å². The van der Waals surface area contributed by atoms with Crippen LogP contribution in [0.25, 0.3) is 11.1 Å². The second-order valence-electron chi connectivity index (χ2n) is 4.29. The molecule has 0 saturated heterocycles. The van der Waals surface area contributed by atoms with Crippen LogP contribution in [-0.2, 0) is 20.1 Å². The fraction of sp³-hybridized carbons (Fsp3) is 0. The molecule has 0 aromatic heterocycles. The molecular formula is C12H10FNO6S2. The molecule has 2 rings (SSSR count). The summed E-state index contributed by atoms with van der Waals surface area (Å²) >= 11 is 0. The summed E-state index contributed by atoms with van der Waals surface area (Å²) in [6, 6.07) is 6.05. The van der Waals surface area contributed by atoms with Gasteiger partial charge in [-0.3, -0.25) is 4.55 Å². The Labute approximate surface area is 125 Å². The lowest BCUT2D eigenvalue weighted by molar-refractivity contribution is 0.434. The average Bonchev–Trinajstić information content (AvgIpc) is 2.39. The number of sulfonamides is 1. The molecule has 2 aromatic rings. The van der Waals surface area contributed by atoms with Gasteiger partial charge < -0.3 is 5.11 Å². The second-order valence-corrected chi connectivity index (χ2v) is 7.21. The van der Waals surface area contributed by atoms with E-state index < -0.39 is 52.6 Å². The van der Waals surface area contributed by atoms with Crippen LogP contribution in [0.15, 0.2) is 46.2 Å². The Kier molecular flexibility index (Phi) is 3.96. The van der Waals surface area contributed by atoms with E-state index in [4.69, 9.17) is 5.14 Å². The minimum absolute atomic E-state index is 0.433. The predicted molar refractivity (Wildman–Crippen MR) is 74.7 cm³/mol. The number of phenols is 1. The number of para-hydroxylation sites is 1. The Morgan fingerprint density at radius 1 is 0.955 bits per heavy atom. The number of hydrogen-bond donors (Lipinski definition) is 3. The standard InChI is InChI=1S/C12H10FNO6S2/c13-8-4-1-3-7(12(8)15)11-9(21(14,16)17)5-2-6-10(11)22(18,19)20/h1-6,15H,(H2,14,16,17)(H,18,19,20). The summed E-state index contributed by atoms with van der Waals surface area (Å²) in [7, 11) is -9.25. The van der Waals surface area contributed by atoms with Gasteiger partial charge in [0.15, 0.2) is 11.6 Å². The lowest BCUT2D eigenvalue weighted by atomic mass is 10.0. The summed E-state index contributed by atoms with van der Waals surface area (Å²) in [5, 5.41) is 14.8. The Morgan fingerprint density at radius 2 is 1.50 bits per heavy atom. The molecule has 0 aliphatic rings. The summed E-state index contributed by atoms with van der Waals surface area (Å²) in [6.07, 6.45) is 0. The molecule has 22 heavy (non-hydrogen) atoms. The van der Waals surface area contributed by atoms with Crippen LogP contribution in [0.3, 0.4) is 0 Å². The van der Waals surface area contributed by atoms with Crippen molar-refractivity contribution in [2.24, 2.45) is 5.14 Å². The number of halogens is 1. The van der Waals surface area contributed by atoms with Gasteiger partial charge in [0.1, 0.15) is 4.90 Å². The molecule has 0 saturated carbocycles. The minimum Gasteiger partial charge on any atom is -0.504 e. The Balaban J connectivity index is 3.04. The van der Waals surface area contributed by atoms with Crippen LogP contribution in [0.4, 0.5) is 4.39 Å². The molecule has 0 aliphatic heterocycles. The van der Waals surface area contributed by atoms with E-state index in [2.05, 4.69) is 0 Å². The number of hydrogen-bond acceptors (Lipinski definition) is 5. The first kappa shape index (κ1) is 16.4. The highest BCUT2D eigenvalue weighted by Crippen LogP contribution is 2.39.